The Bertz CT molecular complexity index is 537. The lowest BCUT2D eigenvalue weighted by Gasteiger charge is -2.14. The van der Waals surface area contributed by atoms with Crippen LogP contribution in [0.4, 0.5) is 5.69 Å². The topological polar surface area (TPSA) is 35.9 Å². The Kier molecular flexibility index (Phi) is 3.80. The van der Waals surface area contributed by atoms with E-state index in [4.69, 9.17) is 0 Å². The minimum absolute atomic E-state index is 0.464. The number of benzene rings is 1. The fraction of sp³-hybridized carbons (Fsp3) is 0.200. The van der Waals surface area contributed by atoms with Gasteiger partial charge in [0.05, 0.1) is 0 Å². The number of hydrogen-bond acceptors (Lipinski definition) is 4. The molecule has 1 heterocycles. The fourth-order valence-electron chi connectivity index (χ4n) is 1.85. The summed E-state index contributed by atoms with van der Waals surface area (Å²) in [5, 5.41) is 3.18. The van der Waals surface area contributed by atoms with E-state index in [-0.39, 0.29) is 0 Å². The van der Waals surface area contributed by atoms with E-state index in [2.05, 4.69) is 5.18 Å². The average molecular weight is 255 g/mol. The fourth-order valence-corrected chi connectivity index (χ4v) is 1.85. The number of nitrogens with zero attached hydrogens (tertiary/aromatic N) is 3. The van der Waals surface area contributed by atoms with E-state index >= 15 is 0 Å². The molecule has 1 aliphatic heterocycles. The van der Waals surface area contributed by atoms with Crippen molar-refractivity contribution in [3.8, 4) is 0 Å². The first kappa shape index (κ1) is 13.1. The van der Waals surface area contributed by atoms with Crippen LogP contribution in [0.25, 0.3) is 5.70 Å². The molecule has 19 heavy (non-hydrogen) atoms. The van der Waals surface area contributed by atoms with Gasteiger partial charge in [-0.2, -0.15) is 0 Å². The van der Waals surface area contributed by atoms with Gasteiger partial charge in [0, 0.05) is 50.4 Å². The van der Waals surface area contributed by atoms with Gasteiger partial charge >= 0.3 is 0 Å². The molecule has 0 radical (unpaired) electrons. The Balaban J connectivity index is 2.38. The van der Waals surface area contributed by atoms with Crippen molar-refractivity contribution in [2.45, 2.75) is 0 Å². The second-order valence-corrected chi connectivity index (χ2v) is 4.63. The quantitative estimate of drug-likeness (QED) is 0.778. The standard InChI is InChI=1S/C15H17N3O/c1-17(2)14-6-4-12(5-7-14)15(16-19)13-8-10-18(3)11-9-13/h4-11H,1-3H3. The minimum atomic E-state index is 0.464. The summed E-state index contributed by atoms with van der Waals surface area (Å²) in [7, 11) is 5.90. The molecule has 1 aromatic carbocycles. The van der Waals surface area contributed by atoms with Crippen LogP contribution in [-0.4, -0.2) is 26.0 Å². The van der Waals surface area contributed by atoms with E-state index < -0.39 is 0 Å². The third-order valence-electron chi connectivity index (χ3n) is 3.00. The Labute approximate surface area is 113 Å². The largest absolute Gasteiger partial charge is 0.378 e. The van der Waals surface area contributed by atoms with Crippen molar-refractivity contribution >= 4 is 11.4 Å². The molecule has 0 fully saturated rings. The lowest BCUT2D eigenvalue weighted by molar-refractivity contribution is 0.620. The van der Waals surface area contributed by atoms with E-state index in [9.17, 15) is 4.91 Å². The summed E-state index contributed by atoms with van der Waals surface area (Å²) < 4.78 is 0. The molecule has 1 aliphatic rings. The summed E-state index contributed by atoms with van der Waals surface area (Å²) in [6.07, 6.45) is 7.57. The van der Waals surface area contributed by atoms with Crippen molar-refractivity contribution in [1.82, 2.24) is 4.90 Å². The van der Waals surface area contributed by atoms with Crippen molar-refractivity contribution in [3.63, 3.8) is 0 Å². The predicted octanol–water partition coefficient (Wildman–Crippen LogP) is 3.20. The SMILES string of the molecule is CN1C=CC(=C(N=O)c2ccc(N(C)C)cc2)C=C1. The molecule has 0 aliphatic carbocycles. The Hall–Kier alpha value is -2.36. The zero-order valence-corrected chi connectivity index (χ0v) is 11.4. The Morgan fingerprint density at radius 2 is 1.68 bits per heavy atom. The smallest absolute Gasteiger partial charge is 0.122 e. The highest BCUT2D eigenvalue weighted by Gasteiger charge is 2.09. The molecule has 2 rings (SSSR count). The molecule has 0 saturated carbocycles. The first-order valence-corrected chi connectivity index (χ1v) is 6.05. The van der Waals surface area contributed by atoms with Crippen LogP contribution in [0.1, 0.15) is 5.56 Å². The molecule has 0 amide bonds. The summed E-state index contributed by atoms with van der Waals surface area (Å²) in [6, 6.07) is 7.78. The second-order valence-electron chi connectivity index (χ2n) is 4.63. The molecular weight excluding hydrogens is 238 g/mol. The molecular formula is C15H17N3O. The molecule has 1 aromatic rings. The highest BCUT2D eigenvalue weighted by Crippen LogP contribution is 2.25. The van der Waals surface area contributed by atoms with E-state index in [1.807, 2.05) is 79.8 Å². The highest BCUT2D eigenvalue weighted by molar-refractivity contribution is 5.73. The zero-order chi connectivity index (χ0) is 13.8. The lowest BCUT2D eigenvalue weighted by atomic mass is 10.0. The van der Waals surface area contributed by atoms with Crippen molar-refractivity contribution in [3.05, 3.63) is 64.9 Å². The summed E-state index contributed by atoms with van der Waals surface area (Å²) in [5.74, 6) is 0. The number of rotatable bonds is 3. The van der Waals surface area contributed by atoms with Crippen molar-refractivity contribution in [1.29, 1.82) is 0 Å². The third kappa shape index (κ3) is 2.91. The maximum atomic E-state index is 11.1. The summed E-state index contributed by atoms with van der Waals surface area (Å²) in [6.45, 7) is 0. The number of nitroso groups, excluding NO2 is 1. The number of hydrogen-bond donors (Lipinski definition) is 0. The molecule has 4 heteroatoms. The summed E-state index contributed by atoms with van der Waals surface area (Å²) in [5.41, 5.74) is 3.21. The molecule has 4 nitrogen and oxygen atoms in total. The third-order valence-corrected chi connectivity index (χ3v) is 3.00. The van der Waals surface area contributed by atoms with Gasteiger partial charge < -0.3 is 9.80 Å². The van der Waals surface area contributed by atoms with Crippen LogP contribution in [0.2, 0.25) is 0 Å². The molecule has 0 saturated heterocycles. The first-order valence-electron chi connectivity index (χ1n) is 6.05. The van der Waals surface area contributed by atoms with Crippen molar-refractivity contribution in [2.75, 3.05) is 26.0 Å². The van der Waals surface area contributed by atoms with Gasteiger partial charge in [-0.25, -0.2) is 0 Å². The van der Waals surface area contributed by atoms with Crippen LogP contribution in [0.15, 0.2) is 59.6 Å². The van der Waals surface area contributed by atoms with Gasteiger partial charge in [-0.1, -0.05) is 12.1 Å². The summed E-state index contributed by atoms with van der Waals surface area (Å²) in [4.78, 5) is 15.0. The van der Waals surface area contributed by atoms with Gasteiger partial charge in [0.1, 0.15) is 5.70 Å². The van der Waals surface area contributed by atoms with Crippen molar-refractivity contribution in [2.24, 2.45) is 5.18 Å². The van der Waals surface area contributed by atoms with Crippen LogP contribution in [0, 0.1) is 4.91 Å². The van der Waals surface area contributed by atoms with Gasteiger partial charge in [-0.3, -0.25) is 0 Å². The molecule has 0 atom stereocenters. The lowest BCUT2D eigenvalue weighted by Crippen LogP contribution is -2.08. The van der Waals surface area contributed by atoms with Crippen LogP contribution in [-0.2, 0) is 0 Å². The molecule has 0 aromatic heterocycles. The van der Waals surface area contributed by atoms with Gasteiger partial charge in [0.15, 0.2) is 0 Å². The van der Waals surface area contributed by atoms with Gasteiger partial charge in [-0.15, -0.1) is 4.91 Å². The normalized spacial score (nSPS) is 13.6. The predicted molar refractivity (Wildman–Crippen MR) is 79.5 cm³/mol. The minimum Gasteiger partial charge on any atom is -0.378 e. The monoisotopic (exact) mass is 255 g/mol. The Morgan fingerprint density at radius 3 is 2.16 bits per heavy atom. The molecule has 0 bridgehead atoms. The first-order chi connectivity index (χ1) is 9.11. The van der Waals surface area contributed by atoms with Gasteiger partial charge in [0.2, 0.25) is 0 Å². The number of anilines is 1. The molecule has 0 unspecified atom stereocenters. The van der Waals surface area contributed by atoms with Gasteiger partial charge in [0.25, 0.3) is 0 Å². The van der Waals surface area contributed by atoms with Crippen LogP contribution >= 0.6 is 0 Å². The molecule has 0 spiro atoms. The molecule has 0 N–H and O–H groups in total. The number of allylic oxidation sites excluding steroid dienone is 3. The maximum Gasteiger partial charge on any atom is 0.122 e. The van der Waals surface area contributed by atoms with Crippen LogP contribution < -0.4 is 4.90 Å². The average Bonchev–Trinajstić information content (AvgIpc) is 2.42. The van der Waals surface area contributed by atoms with E-state index in [1.54, 1.807) is 0 Å². The van der Waals surface area contributed by atoms with E-state index in [0.29, 0.717) is 5.70 Å². The maximum absolute atomic E-state index is 11.1. The second kappa shape index (κ2) is 5.52. The van der Waals surface area contributed by atoms with E-state index in [0.717, 1.165) is 16.8 Å². The molecule has 98 valence electrons. The van der Waals surface area contributed by atoms with Gasteiger partial charge in [-0.05, 0) is 29.5 Å². The highest BCUT2D eigenvalue weighted by atomic mass is 16.3. The summed E-state index contributed by atoms with van der Waals surface area (Å²) >= 11 is 0. The van der Waals surface area contributed by atoms with Crippen LogP contribution in [0.5, 0.6) is 0 Å². The van der Waals surface area contributed by atoms with Crippen LogP contribution in [0.3, 0.4) is 0 Å². The Morgan fingerprint density at radius 1 is 1.11 bits per heavy atom. The zero-order valence-electron chi connectivity index (χ0n) is 11.4. The van der Waals surface area contributed by atoms with E-state index in [1.165, 1.54) is 0 Å². The van der Waals surface area contributed by atoms with Crippen molar-refractivity contribution < 1.29 is 0 Å².